The third-order valence-electron chi connectivity index (χ3n) is 5.09. The van der Waals surface area contributed by atoms with E-state index in [1.54, 1.807) is 0 Å². The van der Waals surface area contributed by atoms with E-state index in [4.69, 9.17) is 4.74 Å². The highest BCUT2D eigenvalue weighted by molar-refractivity contribution is 5.80. The van der Waals surface area contributed by atoms with Crippen LogP contribution in [0.3, 0.4) is 0 Å². The summed E-state index contributed by atoms with van der Waals surface area (Å²) in [6.45, 7) is 5.93. The van der Waals surface area contributed by atoms with Gasteiger partial charge in [0.05, 0.1) is 24.3 Å². The van der Waals surface area contributed by atoms with Gasteiger partial charge in [-0.25, -0.2) is 4.68 Å². The zero-order valence-corrected chi connectivity index (χ0v) is 13.2. The maximum absolute atomic E-state index is 5.85. The van der Waals surface area contributed by atoms with Gasteiger partial charge >= 0.3 is 0 Å². The standard InChI is InChI=1S/C16H20N6O/c1-11(16-17-18-19-22(16)12-5-6-12)21-8-7-20-9-10-23-14-4-2-3-13(21)15(14)20/h2-4,11-12H,5-10H2,1H3. The fourth-order valence-corrected chi connectivity index (χ4v) is 3.72. The van der Waals surface area contributed by atoms with Crippen molar-refractivity contribution in [3.8, 4) is 5.75 Å². The van der Waals surface area contributed by atoms with Crippen LogP contribution in [0.25, 0.3) is 0 Å². The first-order valence-corrected chi connectivity index (χ1v) is 8.38. The molecule has 1 atom stereocenters. The van der Waals surface area contributed by atoms with Crippen LogP contribution in [0, 0.1) is 0 Å². The van der Waals surface area contributed by atoms with Gasteiger partial charge < -0.3 is 14.5 Å². The molecule has 0 radical (unpaired) electrons. The summed E-state index contributed by atoms with van der Waals surface area (Å²) in [7, 11) is 0. The van der Waals surface area contributed by atoms with E-state index in [0.717, 1.165) is 37.8 Å². The highest BCUT2D eigenvalue weighted by Gasteiger charge is 2.35. The fourth-order valence-electron chi connectivity index (χ4n) is 3.72. The molecule has 1 unspecified atom stereocenters. The van der Waals surface area contributed by atoms with Gasteiger partial charge in [0.2, 0.25) is 0 Å². The third-order valence-corrected chi connectivity index (χ3v) is 5.09. The highest BCUT2D eigenvalue weighted by atomic mass is 16.5. The summed E-state index contributed by atoms with van der Waals surface area (Å²) < 4.78 is 7.86. The van der Waals surface area contributed by atoms with Crippen LogP contribution >= 0.6 is 0 Å². The van der Waals surface area contributed by atoms with Crippen LogP contribution in [0.15, 0.2) is 18.2 Å². The van der Waals surface area contributed by atoms with Gasteiger partial charge in [0.1, 0.15) is 18.0 Å². The number of hydrogen-bond acceptors (Lipinski definition) is 6. The van der Waals surface area contributed by atoms with E-state index in [1.165, 1.54) is 24.2 Å². The normalized spacial score (nSPS) is 20.9. The van der Waals surface area contributed by atoms with Crippen molar-refractivity contribution in [3.05, 3.63) is 24.0 Å². The number of aromatic nitrogens is 4. The lowest BCUT2D eigenvalue weighted by atomic mass is 10.1. The van der Waals surface area contributed by atoms with Crippen molar-refractivity contribution in [1.82, 2.24) is 20.2 Å². The minimum atomic E-state index is 0.154. The summed E-state index contributed by atoms with van der Waals surface area (Å²) in [5.74, 6) is 1.96. The molecule has 0 spiro atoms. The third kappa shape index (κ3) is 1.99. The van der Waals surface area contributed by atoms with Gasteiger partial charge in [-0.2, -0.15) is 0 Å². The maximum Gasteiger partial charge on any atom is 0.173 e. The van der Waals surface area contributed by atoms with Gasteiger partial charge in [0, 0.05) is 13.1 Å². The molecule has 120 valence electrons. The number of benzene rings is 1. The predicted molar refractivity (Wildman–Crippen MR) is 86.0 cm³/mol. The number of tetrazole rings is 1. The SMILES string of the molecule is CC(c1nnnn1C1CC1)N1CCN2CCOc3cccc1c32. The smallest absolute Gasteiger partial charge is 0.173 e. The first-order valence-electron chi connectivity index (χ1n) is 8.38. The Balaban J connectivity index is 1.55. The molecule has 2 aliphatic heterocycles. The molecule has 2 aromatic rings. The van der Waals surface area contributed by atoms with Gasteiger partial charge in [-0.05, 0) is 42.3 Å². The highest BCUT2D eigenvalue weighted by Crippen LogP contribution is 2.45. The van der Waals surface area contributed by atoms with E-state index < -0.39 is 0 Å². The van der Waals surface area contributed by atoms with Crippen LogP contribution in [0.1, 0.15) is 37.7 Å². The number of anilines is 2. The molecular weight excluding hydrogens is 292 g/mol. The summed E-state index contributed by atoms with van der Waals surface area (Å²) in [4.78, 5) is 4.84. The number of para-hydroxylation sites is 1. The Bertz CT molecular complexity index is 740. The van der Waals surface area contributed by atoms with Crippen molar-refractivity contribution in [1.29, 1.82) is 0 Å². The Kier molecular flexibility index (Phi) is 2.77. The van der Waals surface area contributed by atoms with Crippen molar-refractivity contribution in [2.75, 3.05) is 36.0 Å². The molecule has 5 rings (SSSR count). The number of hydrogen-bond donors (Lipinski definition) is 0. The van der Waals surface area contributed by atoms with E-state index in [9.17, 15) is 0 Å². The minimum Gasteiger partial charge on any atom is -0.489 e. The Morgan fingerprint density at radius 2 is 2.13 bits per heavy atom. The second-order valence-corrected chi connectivity index (χ2v) is 6.54. The average Bonchev–Trinajstić information content (AvgIpc) is 3.32. The van der Waals surface area contributed by atoms with Crippen molar-refractivity contribution >= 4 is 11.4 Å². The van der Waals surface area contributed by atoms with Crippen molar-refractivity contribution in [3.63, 3.8) is 0 Å². The van der Waals surface area contributed by atoms with Crippen molar-refractivity contribution < 1.29 is 4.74 Å². The Hall–Kier alpha value is -2.31. The van der Waals surface area contributed by atoms with E-state index in [1.807, 2.05) is 4.68 Å². The first-order chi connectivity index (χ1) is 11.3. The van der Waals surface area contributed by atoms with E-state index in [2.05, 4.69) is 50.4 Å². The Morgan fingerprint density at radius 1 is 1.22 bits per heavy atom. The van der Waals surface area contributed by atoms with Crippen LogP contribution < -0.4 is 14.5 Å². The average molecular weight is 312 g/mol. The topological polar surface area (TPSA) is 59.3 Å². The minimum absolute atomic E-state index is 0.154. The lowest BCUT2D eigenvalue weighted by molar-refractivity contribution is 0.305. The van der Waals surface area contributed by atoms with Gasteiger partial charge in [-0.1, -0.05) is 6.07 Å². The number of rotatable bonds is 3. The summed E-state index contributed by atoms with van der Waals surface area (Å²) >= 11 is 0. The van der Waals surface area contributed by atoms with Gasteiger partial charge in [0.25, 0.3) is 0 Å². The molecular formula is C16H20N6O. The molecule has 23 heavy (non-hydrogen) atoms. The van der Waals surface area contributed by atoms with Crippen molar-refractivity contribution in [2.24, 2.45) is 0 Å². The largest absolute Gasteiger partial charge is 0.489 e. The van der Waals surface area contributed by atoms with Gasteiger partial charge in [-0.3, -0.25) is 0 Å². The summed E-state index contributed by atoms with van der Waals surface area (Å²) in [5, 5.41) is 12.4. The summed E-state index contributed by atoms with van der Waals surface area (Å²) in [5.41, 5.74) is 2.45. The van der Waals surface area contributed by atoms with Gasteiger partial charge in [-0.15, -0.1) is 5.10 Å². The Morgan fingerprint density at radius 3 is 3.00 bits per heavy atom. The quantitative estimate of drug-likeness (QED) is 0.861. The molecule has 0 saturated heterocycles. The number of ether oxygens (including phenoxy) is 1. The molecule has 3 heterocycles. The van der Waals surface area contributed by atoms with E-state index >= 15 is 0 Å². The maximum atomic E-state index is 5.85. The van der Waals surface area contributed by atoms with Crippen LogP contribution in [0.5, 0.6) is 5.75 Å². The van der Waals surface area contributed by atoms with Gasteiger partial charge in [0.15, 0.2) is 5.82 Å². The summed E-state index contributed by atoms with van der Waals surface area (Å²) in [6, 6.07) is 6.97. The second-order valence-electron chi connectivity index (χ2n) is 6.54. The van der Waals surface area contributed by atoms with E-state index in [-0.39, 0.29) is 6.04 Å². The first kappa shape index (κ1) is 13.2. The monoisotopic (exact) mass is 312 g/mol. The van der Waals surface area contributed by atoms with Crippen LogP contribution in [0.4, 0.5) is 11.4 Å². The van der Waals surface area contributed by atoms with Crippen LogP contribution in [0.2, 0.25) is 0 Å². The molecule has 1 aliphatic carbocycles. The summed E-state index contributed by atoms with van der Waals surface area (Å²) in [6.07, 6.45) is 2.38. The molecule has 0 amide bonds. The molecule has 3 aliphatic rings. The molecule has 1 fully saturated rings. The fraction of sp³-hybridized carbons (Fsp3) is 0.562. The van der Waals surface area contributed by atoms with E-state index in [0.29, 0.717) is 6.04 Å². The molecule has 7 nitrogen and oxygen atoms in total. The Labute approximate surface area is 134 Å². The van der Waals surface area contributed by atoms with Crippen molar-refractivity contribution in [2.45, 2.75) is 31.8 Å². The second kappa shape index (κ2) is 4.84. The zero-order chi connectivity index (χ0) is 15.4. The molecule has 0 bridgehead atoms. The molecule has 1 aromatic heterocycles. The molecule has 1 saturated carbocycles. The molecule has 7 heteroatoms. The molecule has 1 aromatic carbocycles. The van der Waals surface area contributed by atoms with Crippen LogP contribution in [-0.4, -0.2) is 46.4 Å². The lowest BCUT2D eigenvalue weighted by Crippen LogP contribution is -2.46. The number of nitrogens with zero attached hydrogens (tertiary/aromatic N) is 6. The lowest BCUT2D eigenvalue weighted by Gasteiger charge is -2.43. The zero-order valence-electron chi connectivity index (χ0n) is 13.2. The molecule has 0 N–H and O–H groups in total. The predicted octanol–water partition coefficient (Wildman–Crippen LogP) is 1.79. The van der Waals surface area contributed by atoms with Crippen LogP contribution in [-0.2, 0) is 0 Å².